The average molecular weight is 366 g/mol. The smallest absolute Gasteiger partial charge is 0.229 e. The van der Waals surface area contributed by atoms with Gasteiger partial charge < -0.3 is 9.15 Å². The number of hydrogen-bond acceptors (Lipinski definition) is 5. The molecular formula is C20H16ClN3O2. The maximum Gasteiger partial charge on any atom is 0.229 e. The van der Waals surface area contributed by atoms with E-state index in [-0.39, 0.29) is 5.15 Å². The Kier molecular flexibility index (Phi) is 4.54. The number of benzene rings is 2. The minimum atomic E-state index is 0.242. The third-order valence-electron chi connectivity index (χ3n) is 3.82. The molecule has 0 aliphatic heterocycles. The molecule has 0 atom stereocenters. The van der Waals surface area contributed by atoms with Crippen LogP contribution >= 0.6 is 11.6 Å². The Morgan fingerprint density at radius 1 is 0.923 bits per heavy atom. The van der Waals surface area contributed by atoms with Gasteiger partial charge in [0.25, 0.3) is 0 Å². The van der Waals surface area contributed by atoms with Crippen molar-refractivity contribution in [1.29, 1.82) is 0 Å². The monoisotopic (exact) mass is 365 g/mol. The highest BCUT2D eigenvalue weighted by atomic mass is 35.5. The topological polar surface area (TPSA) is 61.0 Å². The van der Waals surface area contributed by atoms with Crippen molar-refractivity contribution in [3.63, 3.8) is 0 Å². The first-order valence-electron chi connectivity index (χ1n) is 8.37. The number of hydrogen-bond donors (Lipinski definition) is 0. The molecule has 2 aromatic carbocycles. The molecule has 0 aliphatic carbocycles. The van der Waals surface area contributed by atoms with E-state index in [0.717, 1.165) is 23.3 Å². The van der Waals surface area contributed by atoms with Crippen LogP contribution in [0.4, 0.5) is 0 Å². The number of fused-ring (bicyclic) bond motifs is 1. The van der Waals surface area contributed by atoms with Gasteiger partial charge in [-0.2, -0.15) is 4.98 Å². The van der Waals surface area contributed by atoms with Crippen LogP contribution in [-0.4, -0.2) is 21.6 Å². The molecular weight excluding hydrogens is 350 g/mol. The number of halogens is 1. The van der Waals surface area contributed by atoms with Gasteiger partial charge in [-0.1, -0.05) is 36.7 Å². The molecule has 0 radical (unpaired) electrons. The van der Waals surface area contributed by atoms with Gasteiger partial charge in [-0.25, -0.2) is 9.97 Å². The second kappa shape index (κ2) is 7.14. The Labute approximate surface area is 155 Å². The number of ether oxygens (including phenoxy) is 1. The zero-order chi connectivity index (χ0) is 17.9. The fourth-order valence-electron chi connectivity index (χ4n) is 2.54. The largest absolute Gasteiger partial charge is 0.494 e. The van der Waals surface area contributed by atoms with Gasteiger partial charge in [0.15, 0.2) is 11.0 Å². The zero-order valence-corrected chi connectivity index (χ0v) is 14.9. The zero-order valence-electron chi connectivity index (χ0n) is 14.1. The summed E-state index contributed by atoms with van der Waals surface area (Å²) in [5, 5.41) is 0.242. The van der Waals surface area contributed by atoms with Crippen LogP contribution in [-0.2, 0) is 0 Å². The van der Waals surface area contributed by atoms with Gasteiger partial charge in [-0.15, -0.1) is 0 Å². The molecule has 0 fully saturated rings. The highest BCUT2D eigenvalue weighted by Crippen LogP contribution is 2.29. The quantitative estimate of drug-likeness (QED) is 0.443. The minimum absolute atomic E-state index is 0.242. The van der Waals surface area contributed by atoms with E-state index >= 15 is 0 Å². The molecule has 0 saturated heterocycles. The van der Waals surface area contributed by atoms with Crippen molar-refractivity contribution in [2.75, 3.05) is 6.61 Å². The molecule has 5 nitrogen and oxygen atoms in total. The first-order chi connectivity index (χ1) is 12.7. The van der Waals surface area contributed by atoms with Crippen molar-refractivity contribution in [3.05, 3.63) is 59.8 Å². The third-order valence-corrected chi connectivity index (χ3v) is 4.07. The van der Waals surface area contributed by atoms with Crippen molar-refractivity contribution in [3.8, 4) is 28.6 Å². The lowest BCUT2D eigenvalue weighted by Gasteiger charge is -2.05. The molecule has 130 valence electrons. The maximum atomic E-state index is 6.30. The van der Waals surface area contributed by atoms with E-state index in [9.17, 15) is 0 Å². The molecule has 0 bridgehead atoms. The van der Waals surface area contributed by atoms with Gasteiger partial charge in [-0.05, 0) is 42.8 Å². The summed E-state index contributed by atoms with van der Waals surface area (Å²) in [5.41, 5.74) is 2.52. The molecule has 2 aromatic heterocycles. The SMILES string of the molecule is CCCOc1ccc(-c2nc(Cl)c3oc(-c4ccccc4)nc3n2)cc1. The first-order valence-corrected chi connectivity index (χ1v) is 8.75. The molecule has 2 heterocycles. The highest BCUT2D eigenvalue weighted by molar-refractivity contribution is 6.33. The van der Waals surface area contributed by atoms with Crippen molar-refractivity contribution in [2.45, 2.75) is 13.3 Å². The Balaban J connectivity index is 1.70. The average Bonchev–Trinajstić information content (AvgIpc) is 3.12. The van der Waals surface area contributed by atoms with Crippen LogP contribution in [0.25, 0.3) is 34.1 Å². The lowest BCUT2D eigenvalue weighted by Crippen LogP contribution is -1.95. The maximum absolute atomic E-state index is 6.30. The standard InChI is InChI=1S/C20H16ClN3O2/c1-2-12-25-15-10-8-13(9-11-15)18-22-17(21)16-19(23-18)24-20(26-16)14-6-4-3-5-7-14/h3-11H,2,12H2,1H3. The van der Waals surface area contributed by atoms with Crippen LogP contribution in [0.5, 0.6) is 5.75 Å². The Hall–Kier alpha value is -2.92. The minimum Gasteiger partial charge on any atom is -0.494 e. The Morgan fingerprint density at radius 3 is 2.42 bits per heavy atom. The van der Waals surface area contributed by atoms with Crippen molar-refractivity contribution < 1.29 is 9.15 Å². The van der Waals surface area contributed by atoms with Crippen LogP contribution in [0.1, 0.15) is 13.3 Å². The van der Waals surface area contributed by atoms with E-state index in [1.165, 1.54) is 0 Å². The first kappa shape index (κ1) is 16.5. The van der Waals surface area contributed by atoms with Crippen LogP contribution in [0.3, 0.4) is 0 Å². The number of nitrogens with zero attached hydrogens (tertiary/aromatic N) is 3. The molecule has 0 saturated carbocycles. The van der Waals surface area contributed by atoms with Crippen molar-refractivity contribution in [1.82, 2.24) is 15.0 Å². The molecule has 0 N–H and O–H groups in total. The van der Waals surface area contributed by atoms with Crippen LogP contribution in [0.15, 0.2) is 59.0 Å². The number of rotatable bonds is 5. The van der Waals surface area contributed by atoms with Crippen molar-refractivity contribution in [2.24, 2.45) is 0 Å². The van der Waals surface area contributed by atoms with Gasteiger partial charge in [0.2, 0.25) is 17.1 Å². The lowest BCUT2D eigenvalue weighted by atomic mass is 10.2. The van der Waals surface area contributed by atoms with Gasteiger partial charge in [0.1, 0.15) is 5.75 Å². The van der Waals surface area contributed by atoms with Gasteiger partial charge in [0, 0.05) is 11.1 Å². The second-order valence-electron chi connectivity index (χ2n) is 5.75. The summed E-state index contributed by atoms with van der Waals surface area (Å²) < 4.78 is 11.3. The molecule has 0 amide bonds. The molecule has 6 heteroatoms. The van der Waals surface area contributed by atoms with E-state index in [4.69, 9.17) is 20.8 Å². The summed E-state index contributed by atoms with van der Waals surface area (Å²) in [6, 6.07) is 17.2. The summed E-state index contributed by atoms with van der Waals surface area (Å²) >= 11 is 6.30. The Morgan fingerprint density at radius 2 is 1.69 bits per heavy atom. The molecule has 4 aromatic rings. The fourth-order valence-corrected chi connectivity index (χ4v) is 2.75. The normalized spacial score (nSPS) is 11.0. The van der Waals surface area contributed by atoms with E-state index in [0.29, 0.717) is 29.6 Å². The summed E-state index contributed by atoms with van der Waals surface area (Å²) in [4.78, 5) is 13.3. The molecule has 0 aliphatic rings. The molecule has 4 rings (SSSR count). The highest BCUT2D eigenvalue weighted by Gasteiger charge is 2.15. The van der Waals surface area contributed by atoms with Crippen LogP contribution in [0, 0.1) is 0 Å². The lowest BCUT2D eigenvalue weighted by molar-refractivity contribution is 0.317. The van der Waals surface area contributed by atoms with Gasteiger partial charge >= 0.3 is 0 Å². The molecule has 0 spiro atoms. The van der Waals surface area contributed by atoms with Crippen LogP contribution < -0.4 is 4.74 Å². The number of oxazole rings is 1. The summed E-state index contributed by atoms with van der Waals surface area (Å²) in [6.45, 7) is 2.76. The fraction of sp³-hybridized carbons (Fsp3) is 0.150. The second-order valence-corrected chi connectivity index (χ2v) is 6.11. The number of aromatic nitrogens is 3. The predicted molar refractivity (Wildman–Crippen MR) is 101 cm³/mol. The summed E-state index contributed by atoms with van der Waals surface area (Å²) in [5.74, 6) is 1.78. The van der Waals surface area contributed by atoms with E-state index in [1.54, 1.807) is 0 Å². The molecule has 0 unspecified atom stereocenters. The van der Waals surface area contributed by atoms with E-state index in [1.807, 2.05) is 54.6 Å². The van der Waals surface area contributed by atoms with E-state index < -0.39 is 0 Å². The summed E-state index contributed by atoms with van der Waals surface area (Å²) in [7, 11) is 0. The summed E-state index contributed by atoms with van der Waals surface area (Å²) in [6.07, 6.45) is 0.965. The predicted octanol–water partition coefficient (Wildman–Crippen LogP) is 5.39. The Bertz CT molecular complexity index is 1030. The van der Waals surface area contributed by atoms with Gasteiger partial charge in [0.05, 0.1) is 6.61 Å². The molecule has 26 heavy (non-hydrogen) atoms. The van der Waals surface area contributed by atoms with Crippen molar-refractivity contribution >= 4 is 22.8 Å². The van der Waals surface area contributed by atoms with Gasteiger partial charge in [-0.3, -0.25) is 0 Å². The van der Waals surface area contributed by atoms with Crippen LogP contribution in [0.2, 0.25) is 5.15 Å². The third kappa shape index (κ3) is 3.26. The van der Waals surface area contributed by atoms with E-state index in [2.05, 4.69) is 21.9 Å².